The van der Waals surface area contributed by atoms with Gasteiger partial charge in [0.1, 0.15) is 0 Å². The highest BCUT2D eigenvalue weighted by Crippen LogP contribution is 1.93. The standard InChI is InChI=1S/C10H12N2O3/c1-7(10(14)15)3-4-12-6-11-8(2)5-9(12)13/h3,5-6H,4H2,1-2H3,(H,14,15). The molecule has 0 saturated carbocycles. The van der Waals surface area contributed by atoms with Crippen LogP contribution in [0.15, 0.2) is 28.8 Å². The molecule has 1 rings (SSSR count). The van der Waals surface area contributed by atoms with E-state index < -0.39 is 5.97 Å². The van der Waals surface area contributed by atoms with Gasteiger partial charge in [0.15, 0.2) is 0 Å². The molecule has 0 aliphatic rings. The Morgan fingerprint density at radius 2 is 2.33 bits per heavy atom. The first kappa shape index (κ1) is 11.2. The van der Waals surface area contributed by atoms with Gasteiger partial charge in [0.2, 0.25) is 0 Å². The zero-order chi connectivity index (χ0) is 11.4. The molecule has 0 aromatic carbocycles. The second kappa shape index (κ2) is 4.54. The Hall–Kier alpha value is -1.91. The molecule has 1 aromatic heterocycles. The van der Waals surface area contributed by atoms with E-state index >= 15 is 0 Å². The second-order valence-corrected chi connectivity index (χ2v) is 3.21. The Morgan fingerprint density at radius 3 is 2.87 bits per heavy atom. The number of carboxylic acid groups (broad SMARTS) is 1. The molecular formula is C10H12N2O3. The van der Waals surface area contributed by atoms with Gasteiger partial charge in [-0.05, 0) is 13.8 Å². The molecule has 80 valence electrons. The van der Waals surface area contributed by atoms with Gasteiger partial charge in [0, 0.05) is 23.9 Å². The van der Waals surface area contributed by atoms with E-state index in [-0.39, 0.29) is 17.7 Å². The zero-order valence-corrected chi connectivity index (χ0v) is 8.60. The number of carbonyl (C=O) groups is 1. The summed E-state index contributed by atoms with van der Waals surface area (Å²) >= 11 is 0. The quantitative estimate of drug-likeness (QED) is 0.737. The van der Waals surface area contributed by atoms with E-state index in [0.29, 0.717) is 5.69 Å². The molecule has 0 fully saturated rings. The minimum atomic E-state index is -0.983. The van der Waals surface area contributed by atoms with Gasteiger partial charge in [-0.1, -0.05) is 6.08 Å². The fraction of sp³-hybridized carbons (Fsp3) is 0.300. The maximum atomic E-state index is 11.4. The van der Waals surface area contributed by atoms with Crippen molar-refractivity contribution in [1.82, 2.24) is 9.55 Å². The lowest BCUT2D eigenvalue weighted by atomic mass is 10.3. The lowest BCUT2D eigenvalue weighted by Crippen LogP contribution is -2.19. The third kappa shape index (κ3) is 3.05. The van der Waals surface area contributed by atoms with E-state index in [2.05, 4.69) is 4.98 Å². The maximum Gasteiger partial charge on any atom is 0.331 e. The van der Waals surface area contributed by atoms with Crippen LogP contribution in [0.4, 0.5) is 0 Å². The molecule has 1 aromatic rings. The predicted octanol–water partition coefficient (Wildman–Crippen LogP) is 0.583. The number of nitrogens with zero attached hydrogens (tertiary/aromatic N) is 2. The molecule has 0 aliphatic heterocycles. The highest BCUT2D eigenvalue weighted by Gasteiger charge is 1.99. The smallest absolute Gasteiger partial charge is 0.331 e. The minimum Gasteiger partial charge on any atom is -0.478 e. The van der Waals surface area contributed by atoms with Gasteiger partial charge in [-0.25, -0.2) is 9.78 Å². The van der Waals surface area contributed by atoms with E-state index in [4.69, 9.17) is 5.11 Å². The molecular weight excluding hydrogens is 196 g/mol. The molecule has 0 unspecified atom stereocenters. The first-order valence-electron chi connectivity index (χ1n) is 4.44. The second-order valence-electron chi connectivity index (χ2n) is 3.21. The van der Waals surface area contributed by atoms with Crippen molar-refractivity contribution in [3.05, 3.63) is 40.1 Å². The lowest BCUT2D eigenvalue weighted by molar-refractivity contribution is -0.132. The van der Waals surface area contributed by atoms with Crippen molar-refractivity contribution in [2.24, 2.45) is 0 Å². The fourth-order valence-electron chi connectivity index (χ4n) is 0.976. The Bertz CT molecular complexity index is 460. The molecule has 0 aliphatic carbocycles. The van der Waals surface area contributed by atoms with Crippen LogP contribution in [0, 0.1) is 6.92 Å². The highest BCUT2D eigenvalue weighted by molar-refractivity contribution is 5.85. The molecule has 0 saturated heterocycles. The van der Waals surface area contributed by atoms with E-state index in [9.17, 15) is 9.59 Å². The van der Waals surface area contributed by atoms with Crippen molar-refractivity contribution in [1.29, 1.82) is 0 Å². The number of hydrogen-bond acceptors (Lipinski definition) is 3. The van der Waals surface area contributed by atoms with E-state index in [0.717, 1.165) is 0 Å². The van der Waals surface area contributed by atoms with Gasteiger partial charge < -0.3 is 5.11 Å². The van der Waals surface area contributed by atoms with Crippen molar-refractivity contribution >= 4 is 5.97 Å². The number of hydrogen-bond donors (Lipinski definition) is 1. The van der Waals surface area contributed by atoms with Gasteiger partial charge in [-0.3, -0.25) is 9.36 Å². The highest BCUT2D eigenvalue weighted by atomic mass is 16.4. The summed E-state index contributed by atoms with van der Waals surface area (Å²) < 4.78 is 1.35. The molecule has 0 spiro atoms. The van der Waals surface area contributed by atoms with Crippen molar-refractivity contribution in [3.63, 3.8) is 0 Å². The summed E-state index contributed by atoms with van der Waals surface area (Å²) in [6.07, 6.45) is 2.88. The van der Waals surface area contributed by atoms with Crippen LogP contribution in [0.5, 0.6) is 0 Å². The molecule has 0 atom stereocenters. The third-order valence-corrected chi connectivity index (χ3v) is 1.95. The fourth-order valence-corrected chi connectivity index (χ4v) is 0.976. The number of aryl methyl sites for hydroxylation is 1. The minimum absolute atomic E-state index is 0.183. The van der Waals surface area contributed by atoms with Crippen LogP contribution < -0.4 is 5.56 Å². The summed E-state index contributed by atoms with van der Waals surface area (Å²) in [5, 5.41) is 8.60. The Labute approximate surface area is 86.7 Å². The predicted molar refractivity (Wildman–Crippen MR) is 54.6 cm³/mol. The molecule has 5 heteroatoms. The largest absolute Gasteiger partial charge is 0.478 e. The first-order chi connectivity index (χ1) is 7.00. The third-order valence-electron chi connectivity index (χ3n) is 1.95. The molecule has 5 nitrogen and oxygen atoms in total. The van der Waals surface area contributed by atoms with E-state index in [1.54, 1.807) is 6.92 Å². The molecule has 0 amide bonds. The summed E-state index contributed by atoms with van der Waals surface area (Å²) in [5.41, 5.74) is 0.676. The van der Waals surface area contributed by atoms with Crippen molar-refractivity contribution in [3.8, 4) is 0 Å². The first-order valence-corrected chi connectivity index (χ1v) is 4.44. The molecule has 0 radical (unpaired) electrons. The van der Waals surface area contributed by atoms with Gasteiger partial charge in [-0.15, -0.1) is 0 Å². The Kier molecular flexibility index (Phi) is 3.38. The molecule has 1 heterocycles. The number of allylic oxidation sites excluding steroid dienone is 1. The molecule has 0 bridgehead atoms. The van der Waals surface area contributed by atoms with Crippen LogP contribution in [0.25, 0.3) is 0 Å². The lowest BCUT2D eigenvalue weighted by Gasteiger charge is -2.01. The molecule has 15 heavy (non-hydrogen) atoms. The van der Waals surface area contributed by atoms with Crippen LogP contribution >= 0.6 is 0 Å². The van der Waals surface area contributed by atoms with Crippen LogP contribution in [-0.2, 0) is 11.3 Å². The average molecular weight is 208 g/mol. The van der Waals surface area contributed by atoms with Crippen molar-refractivity contribution in [2.45, 2.75) is 20.4 Å². The van der Waals surface area contributed by atoms with Crippen LogP contribution in [0.3, 0.4) is 0 Å². The van der Waals surface area contributed by atoms with Crippen LogP contribution in [0.2, 0.25) is 0 Å². The summed E-state index contributed by atoms with van der Waals surface area (Å²) in [5.74, 6) is -0.983. The van der Waals surface area contributed by atoms with E-state index in [1.807, 2.05) is 0 Å². The number of rotatable bonds is 3. The topological polar surface area (TPSA) is 72.2 Å². The number of aromatic nitrogens is 2. The monoisotopic (exact) mass is 208 g/mol. The summed E-state index contributed by atoms with van der Waals surface area (Å²) in [6, 6.07) is 1.41. The number of carboxylic acids is 1. The average Bonchev–Trinajstić information content (AvgIpc) is 2.15. The number of aliphatic carboxylic acids is 1. The maximum absolute atomic E-state index is 11.4. The van der Waals surface area contributed by atoms with Crippen molar-refractivity contribution < 1.29 is 9.90 Å². The van der Waals surface area contributed by atoms with Gasteiger partial charge in [0.05, 0.1) is 6.33 Å². The Balaban J connectivity index is 2.87. The van der Waals surface area contributed by atoms with Crippen LogP contribution in [0.1, 0.15) is 12.6 Å². The summed E-state index contributed by atoms with van der Waals surface area (Å²) in [7, 11) is 0. The van der Waals surface area contributed by atoms with Gasteiger partial charge in [-0.2, -0.15) is 0 Å². The van der Waals surface area contributed by atoms with Crippen molar-refractivity contribution in [2.75, 3.05) is 0 Å². The SMILES string of the molecule is CC(=CCn1cnc(C)cc1=O)C(=O)O. The van der Waals surface area contributed by atoms with E-state index in [1.165, 1.54) is 30.0 Å². The molecule has 1 N–H and O–H groups in total. The summed E-state index contributed by atoms with van der Waals surface area (Å²) in [6.45, 7) is 3.43. The zero-order valence-electron chi connectivity index (χ0n) is 8.60. The van der Waals surface area contributed by atoms with Crippen LogP contribution in [-0.4, -0.2) is 20.6 Å². The summed E-state index contributed by atoms with van der Waals surface area (Å²) in [4.78, 5) is 25.8. The normalized spacial score (nSPS) is 11.5. The van der Waals surface area contributed by atoms with Gasteiger partial charge in [0.25, 0.3) is 5.56 Å². The van der Waals surface area contributed by atoms with Gasteiger partial charge >= 0.3 is 5.97 Å². The Morgan fingerprint density at radius 1 is 1.67 bits per heavy atom.